The Bertz CT molecular complexity index is 371. The summed E-state index contributed by atoms with van der Waals surface area (Å²) in [4.78, 5) is 10.5. The number of halogens is 1. The molecule has 0 spiro atoms. The number of nitrogens with two attached hydrogens (primary N) is 1. The van der Waals surface area contributed by atoms with E-state index < -0.39 is 12.0 Å². The van der Waals surface area contributed by atoms with Gasteiger partial charge in [0.05, 0.1) is 0 Å². The van der Waals surface area contributed by atoms with Crippen molar-refractivity contribution in [1.29, 1.82) is 0 Å². The number of carbonyl (C=O) groups is 1. The molecule has 0 heterocycles. The molecule has 0 saturated heterocycles. The van der Waals surface area contributed by atoms with Crippen LogP contribution in [0.15, 0.2) is 28.7 Å². The molecule has 0 aliphatic heterocycles. The number of benzene rings is 1. The van der Waals surface area contributed by atoms with E-state index in [9.17, 15) is 4.79 Å². The maximum Gasteiger partial charge on any atom is 0.321 e. The highest BCUT2D eigenvalue weighted by Gasteiger charge is 2.14. The number of aliphatic carboxylic acids is 1. The Kier molecular flexibility index (Phi) is 4.92. The molecule has 0 radical (unpaired) electrons. The van der Waals surface area contributed by atoms with E-state index in [4.69, 9.17) is 10.8 Å². The monoisotopic (exact) mass is 286 g/mol. The lowest BCUT2D eigenvalue weighted by Gasteiger charge is -2.17. The lowest BCUT2D eigenvalue weighted by atomic mass is 10.1. The highest BCUT2D eigenvalue weighted by atomic mass is 79.9. The van der Waals surface area contributed by atoms with Gasteiger partial charge in [-0.15, -0.1) is 0 Å². The summed E-state index contributed by atoms with van der Waals surface area (Å²) < 4.78 is 0.999. The van der Waals surface area contributed by atoms with Crippen molar-refractivity contribution in [2.24, 2.45) is 5.73 Å². The smallest absolute Gasteiger partial charge is 0.321 e. The van der Waals surface area contributed by atoms with Crippen molar-refractivity contribution in [3.8, 4) is 0 Å². The fraction of sp³-hybridized carbons (Fsp3) is 0.364. The van der Waals surface area contributed by atoms with Crippen LogP contribution in [0.5, 0.6) is 0 Å². The minimum absolute atomic E-state index is 0.0565. The van der Waals surface area contributed by atoms with Gasteiger partial charge in [0.1, 0.15) is 6.04 Å². The van der Waals surface area contributed by atoms with Crippen LogP contribution in [-0.4, -0.2) is 23.7 Å². The predicted octanol–water partition coefficient (Wildman–Crippen LogP) is 1.51. The van der Waals surface area contributed by atoms with Gasteiger partial charge in [-0.05, 0) is 18.6 Å². The Morgan fingerprint density at radius 1 is 1.56 bits per heavy atom. The van der Waals surface area contributed by atoms with E-state index in [1.807, 2.05) is 31.2 Å². The Morgan fingerprint density at radius 3 is 2.75 bits per heavy atom. The summed E-state index contributed by atoms with van der Waals surface area (Å²) in [5.41, 5.74) is 6.49. The zero-order valence-electron chi connectivity index (χ0n) is 8.98. The van der Waals surface area contributed by atoms with E-state index in [0.717, 1.165) is 10.0 Å². The van der Waals surface area contributed by atoms with E-state index in [0.29, 0.717) is 0 Å². The maximum atomic E-state index is 10.5. The summed E-state index contributed by atoms with van der Waals surface area (Å²) >= 11 is 3.45. The fourth-order valence-electron chi connectivity index (χ4n) is 1.33. The van der Waals surface area contributed by atoms with Gasteiger partial charge in [0.15, 0.2) is 0 Å². The van der Waals surface area contributed by atoms with E-state index in [1.54, 1.807) is 0 Å². The second kappa shape index (κ2) is 5.98. The Balaban J connectivity index is 2.56. The Morgan fingerprint density at radius 2 is 2.19 bits per heavy atom. The molecule has 0 amide bonds. The quantitative estimate of drug-likeness (QED) is 0.767. The van der Waals surface area contributed by atoms with Gasteiger partial charge < -0.3 is 16.2 Å². The van der Waals surface area contributed by atoms with Crippen LogP contribution in [0.25, 0.3) is 0 Å². The molecular formula is C11H15BrN2O2. The summed E-state index contributed by atoms with van der Waals surface area (Å²) in [7, 11) is 0. The number of hydrogen-bond acceptors (Lipinski definition) is 3. The van der Waals surface area contributed by atoms with Gasteiger partial charge in [-0.2, -0.15) is 0 Å². The maximum absolute atomic E-state index is 10.5. The molecule has 1 aromatic rings. The molecular weight excluding hydrogens is 272 g/mol. The van der Waals surface area contributed by atoms with E-state index in [1.165, 1.54) is 0 Å². The molecule has 1 aromatic carbocycles. The summed E-state index contributed by atoms with van der Waals surface area (Å²) in [6.45, 7) is 2.21. The number of nitrogens with one attached hydrogen (secondary N) is 1. The van der Waals surface area contributed by atoms with Crippen LogP contribution in [0.2, 0.25) is 0 Å². The molecule has 0 aliphatic rings. The van der Waals surface area contributed by atoms with E-state index in [-0.39, 0.29) is 12.6 Å². The van der Waals surface area contributed by atoms with Gasteiger partial charge in [-0.3, -0.25) is 4.79 Å². The summed E-state index contributed by atoms with van der Waals surface area (Å²) in [5.74, 6) is -0.994. The molecule has 5 heteroatoms. The van der Waals surface area contributed by atoms with Crippen molar-refractivity contribution < 1.29 is 9.90 Å². The first-order chi connectivity index (χ1) is 7.52. The molecule has 16 heavy (non-hydrogen) atoms. The predicted molar refractivity (Wildman–Crippen MR) is 66.2 cm³/mol. The number of rotatable bonds is 5. The lowest BCUT2D eigenvalue weighted by molar-refractivity contribution is -0.138. The third-order valence-corrected chi connectivity index (χ3v) is 3.06. The second-order valence-electron chi connectivity index (χ2n) is 3.60. The van der Waals surface area contributed by atoms with Crippen LogP contribution in [0.4, 0.5) is 0 Å². The minimum atomic E-state index is -0.994. The average molecular weight is 287 g/mol. The zero-order chi connectivity index (χ0) is 12.1. The standard InChI is InChI=1S/C11H15BrN2O2/c1-7(14-6-10(13)11(15)16)8-4-2-3-5-9(8)12/h2-5,7,10,14H,6,13H2,1H3,(H,15,16)/t7-,10?/m1/s1. The molecule has 4 N–H and O–H groups in total. The number of carboxylic acid groups (broad SMARTS) is 1. The van der Waals surface area contributed by atoms with Crippen LogP contribution in [0, 0.1) is 0 Å². The van der Waals surface area contributed by atoms with Crippen LogP contribution in [0.3, 0.4) is 0 Å². The van der Waals surface area contributed by atoms with Gasteiger partial charge in [-0.1, -0.05) is 34.1 Å². The first-order valence-electron chi connectivity index (χ1n) is 4.98. The van der Waals surface area contributed by atoms with Crippen molar-refractivity contribution in [3.63, 3.8) is 0 Å². The summed E-state index contributed by atoms with van der Waals surface area (Å²) in [6.07, 6.45) is 0. The highest BCUT2D eigenvalue weighted by molar-refractivity contribution is 9.10. The van der Waals surface area contributed by atoms with Crippen LogP contribution in [-0.2, 0) is 4.79 Å². The normalized spacial score (nSPS) is 14.4. The van der Waals surface area contributed by atoms with Crippen LogP contribution < -0.4 is 11.1 Å². The Hall–Kier alpha value is -0.910. The molecule has 1 unspecified atom stereocenters. The third kappa shape index (κ3) is 3.59. The molecule has 0 aromatic heterocycles. The van der Waals surface area contributed by atoms with Gasteiger partial charge in [0.2, 0.25) is 0 Å². The van der Waals surface area contributed by atoms with Gasteiger partial charge in [-0.25, -0.2) is 0 Å². The molecule has 2 atom stereocenters. The third-order valence-electron chi connectivity index (χ3n) is 2.33. The summed E-state index contributed by atoms with van der Waals surface area (Å²) in [6, 6.07) is 6.99. The zero-order valence-corrected chi connectivity index (χ0v) is 10.6. The topological polar surface area (TPSA) is 75.3 Å². The number of carboxylic acids is 1. The average Bonchev–Trinajstić information content (AvgIpc) is 2.25. The molecule has 0 aliphatic carbocycles. The molecule has 1 rings (SSSR count). The molecule has 0 bridgehead atoms. The van der Waals surface area contributed by atoms with Crippen LogP contribution >= 0.6 is 15.9 Å². The second-order valence-corrected chi connectivity index (χ2v) is 4.45. The highest BCUT2D eigenvalue weighted by Crippen LogP contribution is 2.22. The van der Waals surface area contributed by atoms with Gasteiger partial charge >= 0.3 is 5.97 Å². The largest absolute Gasteiger partial charge is 0.480 e. The van der Waals surface area contributed by atoms with Gasteiger partial charge in [0.25, 0.3) is 0 Å². The first kappa shape index (κ1) is 13.2. The van der Waals surface area contributed by atoms with Crippen molar-refractivity contribution in [1.82, 2.24) is 5.32 Å². The van der Waals surface area contributed by atoms with Crippen molar-refractivity contribution >= 4 is 21.9 Å². The SMILES string of the molecule is C[C@@H](NCC(N)C(=O)O)c1ccccc1Br. The van der Waals surface area contributed by atoms with E-state index >= 15 is 0 Å². The molecule has 0 saturated carbocycles. The lowest BCUT2D eigenvalue weighted by Crippen LogP contribution is -2.41. The van der Waals surface area contributed by atoms with E-state index in [2.05, 4.69) is 21.2 Å². The van der Waals surface area contributed by atoms with Crippen molar-refractivity contribution in [3.05, 3.63) is 34.3 Å². The van der Waals surface area contributed by atoms with Gasteiger partial charge in [0, 0.05) is 17.1 Å². The fourth-order valence-corrected chi connectivity index (χ4v) is 1.96. The van der Waals surface area contributed by atoms with Crippen LogP contribution in [0.1, 0.15) is 18.5 Å². The van der Waals surface area contributed by atoms with Crippen molar-refractivity contribution in [2.45, 2.75) is 19.0 Å². The molecule has 4 nitrogen and oxygen atoms in total. The number of hydrogen-bond donors (Lipinski definition) is 3. The molecule has 0 fully saturated rings. The first-order valence-corrected chi connectivity index (χ1v) is 5.78. The van der Waals surface area contributed by atoms with Crippen molar-refractivity contribution in [2.75, 3.05) is 6.54 Å². The minimum Gasteiger partial charge on any atom is -0.480 e. The Labute approximate surface area is 103 Å². The summed E-state index contributed by atoms with van der Waals surface area (Å²) in [5, 5.41) is 11.7. The molecule has 88 valence electrons.